The second-order valence-electron chi connectivity index (χ2n) is 4.05. The smallest absolute Gasteiger partial charge is 0.169 e. The van der Waals surface area contributed by atoms with Crippen LogP contribution in [0.5, 0.6) is 5.75 Å². The number of hydrogen-bond acceptors (Lipinski definition) is 7. The molecule has 106 valence electrons. The Morgan fingerprint density at radius 1 is 1.30 bits per heavy atom. The summed E-state index contributed by atoms with van der Waals surface area (Å²) in [7, 11) is 0. The monoisotopic (exact) mass is 291 g/mol. The highest BCUT2D eigenvalue weighted by molar-refractivity contribution is 7.98. The van der Waals surface area contributed by atoms with Gasteiger partial charge in [-0.3, -0.25) is 0 Å². The highest BCUT2D eigenvalue weighted by atomic mass is 32.2. The summed E-state index contributed by atoms with van der Waals surface area (Å²) in [5, 5.41) is 0. The maximum atomic E-state index is 5.91. The van der Waals surface area contributed by atoms with E-state index in [9.17, 15) is 0 Å². The van der Waals surface area contributed by atoms with Crippen LogP contribution in [0.1, 0.15) is 5.56 Å². The standard InChI is InChI=1S/C13H17N5OS/c1-20-10-5-3-2-4-8(10)7-19-9-6-11(14)17-13(18-16)12(9)15/h2-6H,7,15-16H2,1H3,(H3,14,17,18). The Bertz CT molecular complexity index is 605. The van der Waals surface area contributed by atoms with E-state index in [1.54, 1.807) is 17.8 Å². The average molecular weight is 291 g/mol. The molecule has 0 aliphatic carbocycles. The molecule has 0 unspecified atom stereocenters. The first-order valence-electron chi connectivity index (χ1n) is 5.93. The molecule has 0 radical (unpaired) electrons. The maximum absolute atomic E-state index is 5.91. The van der Waals surface area contributed by atoms with E-state index in [1.165, 1.54) is 0 Å². The molecule has 2 aromatic rings. The van der Waals surface area contributed by atoms with Crippen LogP contribution in [0.2, 0.25) is 0 Å². The van der Waals surface area contributed by atoms with Crippen molar-refractivity contribution in [1.82, 2.24) is 4.98 Å². The van der Waals surface area contributed by atoms with Crippen LogP contribution >= 0.6 is 11.8 Å². The number of nitrogens with one attached hydrogen (secondary N) is 1. The first-order valence-corrected chi connectivity index (χ1v) is 7.15. The fourth-order valence-electron chi connectivity index (χ4n) is 1.76. The summed E-state index contributed by atoms with van der Waals surface area (Å²) >= 11 is 1.66. The molecular weight excluding hydrogens is 274 g/mol. The molecule has 1 aromatic heterocycles. The van der Waals surface area contributed by atoms with Gasteiger partial charge in [0.1, 0.15) is 23.9 Å². The van der Waals surface area contributed by atoms with Crippen molar-refractivity contribution >= 4 is 29.1 Å². The molecule has 0 bridgehead atoms. The first kappa shape index (κ1) is 14.3. The fourth-order valence-corrected chi connectivity index (χ4v) is 2.36. The molecule has 2 rings (SSSR count). The number of anilines is 3. The Hall–Kier alpha value is -2.12. The van der Waals surface area contributed by atoms with Gasteiger partial charge >= 0.3 is 0 Å². The molecule has 0 fully saturated rings. The van der Waals surface area contributed by atoms with Crippen LogP contribution in [0, 0.1) is 0 Å². The Morgan fingerprint density at radius 3 is 2.75 bits per heavy atom. The van der Waals surface area contributed by atoms with E-state index >= 15 is 0 Å². The highest BCUT2D eigenvalue weighted by Crippen LogP contribution is 2.30. The predicted octanol–water partition coefficient (Wildman–Crippen LogP) is 1.83. The Kier molecular flexibility index (Phi) is 4.54. The van der Waals surface area contributed by atoms with Crippen molar-refractivity contribution in [3.05, 3.63) is 35.9 Å². The summed E-state index contributed by atoms with van der Waals surface area (Å²) in [5.74, 6) is 6.39. The lowest BCUT2D eigenvalue weighted by molar-refractivity contribution is 0.305. The van der Waals surface area contributed by atoms with E-state index in [0.717, 1.165) is 10.5 Å². The van der Waals surface area contributed by atoms with Crippen molar-refractivity contribution in [3.63, 3.8) is 0 Å². The number of nitrogen functional groups attached to an aromatic ring is 3. The van der Waals surface area contributed by atoms with Crippen molar-refractivity contribution in [3.8, 4) is 5.75 Å². The van der Waals surface area contributed by atoms with Crippen molar-refractivity contribution in [1.29, 1.82) is 0 Å². The van der Waals surface area contributed by atoms with Crippen molar-refractivity contribution < 1.29 is 4.74 Å². The van der Waals surface area contributed by atoms with E-state index in [4.69, 9.17) is 22.0 Å². The van der Waals surface area contributed by atoms with Gasteiger partial charge in [0.2, 0.25) is 0 Å². The zero-order chi connectivity index (χ0) is 14.5. The minimum absolute atomic E-state index is 0.292. The topological polar surface area (TPSA) is 112 Å². The molecule has 0 saturated carbocycles. The number of pyridine rings is 1. The fraction of sp³-hybridized carbons (Fsp3) is 0.154. The van der Waals surface area contributed by atoms with Gasteiger partial charge in [-0.15, -0.1) is 11.8 Å². The van der Waals surface area contributed by atoms with Gasteiger partial charge in [0, 0.05) is 16.5 Å². The third kappa shape index (κ3) is 3.06. The van der Waals surface area contributed by atoms with Crippen LogP contribution < -0.4 is 27.5 Å². The van der Waals surface area contributed by atoms with Crippen molar-refractivity contribution in [2.24, 2.45) is 5.84 Å². The molecular formula is C13H17N5OS. The third-order valence-corrected chi connectivity index (χ3v) is 3.59. The largest absolute Gasteiger partial charge is 0.486 e. The van der Waals surface area contributed by atoms with E-state index in [0.29, 0.717) is 29.7 Å². The van der Waals surface area contributed by atoms with Crippen LogP contribution in [-0.2, 0) is 6.61 Å². The quantitative estimate of drug-likeness (QED) is 0.377. The lowest BCUT2D eigenvalue weighted by Crippen LogP contribution is -2.13. The lowest BCUT2D eigenvalue weighted by Gasteiger charge is -2.13. The molecule has 0 aliphatic rings. The zero-order valence-electron chi connectivity index (χ0n) is 11.1. The Labute approximate surface area is 121 Å². The second-order valence-corrected chi connectivity index (χ2v) is 4.90. The number of nitrogens with two attached hydrogens (primary N) is 3. The lowest BCUT2D eigenvalue weighted by atomic mass is 10.2. The zero-order valence-corrected chi connectivity index (χ0v) is 11.9. The highest BCUT2D eigenvalue weighted by Gasteiger charge is 2.10. The number of hydrazine groups is 1. The van der Waals surface area contributed by atoms with Gasteiger partial charge in [0.15, 0.2) is 5.82 Å². The molecule has 1 heterocycles. The van der Waals surface area contributed by atoms with Gasteiger partial charge in [-0.05, 0) is 12.3 Å². The van der Waals surface area contributed by atoms with E-state index in [-0.39, 0.29) is 0 Å². The summed E-state index contributed by atoms with van der Waals surface area (Å²) in [6.45, 7) is 0.397. The van der Waals surface area contributed by atoms with Gasteiger partial charge < -0.3 is 21.6 Å². The normalized spacial score (nSPS) is 10.3. The van der Waals surface area contributed by atoms with Gasteiger partial charge in [0.05, 0.1) is 0 Å². The molecule has 0 spiro atoms. The molecule has 0 atom stereocenters. The van der Waals surface area contributed by atoms with Gasteiger partial charge in [-0.25, -0.2) is 10.8 Å². The number of nitrogens with zero attached hydrogens (tertiary/aromatic N) is 1. The third-order valence-electron chi connectivity index (χ3n) is 2.75. The predicted molar refractivity (Wildman–Crippen MR) is 83.4 cm³/mol. The first-order chi connectivity index (χ1) is 9.65. The minimum Gasteiger partial charge on any atom is -0.486 e. The summed E-state index contributed by atoms with van der Waals surface area (Å²) in [4.78, 5) is 5.13. The van der Waals surface area contributed by atoms with Gasteiger partial charge in [-0.1, -0.05) is 18.2 Å². The number of benzene rings is 1. The number of aromatic nitrogens is 1. The molecule has 1 aromatic carbocycles. The molecule has 0 aliphatic heterocycles. The average Bonchev–Trinajstić information content (AvgIpc) is 2.48. The summed E-state index contributed by atoms with van der Waals surface area (Å²) < 4.78 is 5.73. The van der Waals surface area contributed by atoms with Crippen molar-refractivity contribution in [2.75, 3.05) is 23.1 Å². The Morgan fingerprint density at radius 2 is 2.05 bits per heavy atom. The van der Waals surface area contributed by atoms with Crippen LogP contribution in [0.4, 0.5) is 17.3 Å². The maximum Gasteiger partial charge on any atom is 0.169 e. The van der Waals surface area contributed by atoms with E-state index < -0.39 is 0 Å². The Balaban J connectivity index is 2.21. The summed E-state index contributed by atoms with van der Waals surface area (Å²) in [6.07, 6.45) is 2.02. The second kappa shape index (κ2) is 6.36. The van der Waals surface area contributed by atoms with Gasteiger partial charge in [-0.2, -0.15) is 0 Å². The van der Waals surface area contributed by atoms with E-state index in [1.807, 2.05) is 30.5 Å². The molecule has 20 heavy (non-hydrogen) atoms. The minimum atomic E-state index is 0.292. The molecule has 7 N–H and O–H groups in total. The number of hydrogen-bond donors (Lipinski definition) is 4. The van der Waals surface area contributed by atoms with Crippen LogP contribution in [0.25, 0.3) is 0 Å². The molecule has 0 amide bonds. The molecule has 0 saturated heterocycles. The number of rotatable bonds is 5. The SMILES string of the molecule is CSc1ccccc1COc1cc(N)nc(NN)c1N. The van der Waals surface area contributed by atoms with E-state index in [2.05, 4.69) is 10.4 Å². The van der Waals surface area contributed by atoms with Gasteiger partial charge in [0.25, 0.3) is 0 Å². The number of thioether (sulfide) groups is 1. The number of ether oxygens (including phenoxy) is 1. The van der Waals surface area contributed by atoms with Crippen LogP contribution in [0.15, 0.2) is 35.2 Å². The summed E-state index contributed by atoms with van der Waals surface area (Å²) in [6, 6.07) is 9.59. The molecule has 7 heteroatoms. The molecule has 6 nitrogen and oxygen atoms in total. The van der Waals surface area contributed by atoms with Crippen LogP contribution in [-0.4, -0.2) is 11.2 Å². The summed E-state index contributed by atoms with van der Waals surface area (Å²) in [5.41, 5.74) is 15.4. The van der Waals surface area contributed by atoms with Crippen molar-refractivity contribution in [2.45, 2.75) is 11.5 Å². The van der Waals surface area contributed by atoms with Crippen LogP contribution in [0.3, 0.4) is 0 Å².